The molecule has 120 valence electrons. The van der Waals surface area contributed by atoms with Crippen molar-refractivity contribution >= 4 is 11.8 Å². The first-order valence-corrected chi connectivity index (χ1v) is 8.78. The normalized spacial score (nSPS) is 27.8. The Labute approximate surface area is 128 Å². The molecular formula is C17H30N2O2. The molecule has 0 aromatic heterocycles. The fraction of sp³-hybridized carbons (Fsp3) is 0.882. The molecular weight excluding hydrogens is 264 g/mol. The van der Waals surface area contributed by atoms with Crippen LogP contribution in [0, 0.1) is 5.92 Å². The zero-order chi connectivity index (χ0) is 15.2. The summed E-state index contributed by atoms with van der Waals surface area (Å²) in [6.07, 6.45) is 10.0. The smallest absolute Gasteiger partial charge is 0.245 e. The van der Waals surface area contributed by atoms with Crippen LogP contribution in [0.2, 0.25) is 0 Å². The largest absolute Gasteiger partial charge is 0.343 e. The highest BCUT2D eigenvalue weighted by atomic mass is 16.2. The van der Waals surface area contributed by atoms with Gasteiger partial charge in [-0.15, -0.1) is 0 Å². The Balaban J connectivity index is 1.97. The second-order valence-corrected chi connectivity index (χ2v) is 6.60. The molecule has 1 aliphatic heterocycles. The summed E-state index contributed by atoms with van der Waals surface area (Å²) in [7, 11) is 0. The third-order valence-corrected chi connectivity index (χ3v) is 5.04. The minimum absolute atomic E-state index is 0.0409. The molecule has 4 nitrogen and oxygen atoms in total. The number of carbonyl (C=O) groups is 2. The van der Waals surface area contributed by atoms with Crippen molar-refractivity contribution in [2.75, 3.05) is 6.54 Å². The van der Waals surface area contributed by atoms with E-state index in [0.29, 0.717) is 6.42 Å². The predicted molar refractivity (Wildman–Crippen MR) is 83.8 cm³/mol. The molecule has 1 saturated heterocycles. The van der Waals surface area contributed by atoms with Crippen LogP contribution in [0.25, 0.3) is 0 Å². The highest BCUT2D eigenvalue weighted by Crippen LogP contribution is 2.27. The van der Waals surface area contributed by atoms with Gasteiger partial charge in [0.05, 0.1) is 0 Å². The summed E-state index contributed by atoms with van der Waals surface area (Å²) in [5.74, 6) is 0.928. The summed E-state index contributed by atoms with van der Waals surface area (Å²) in [5, 5.41) is 2.91. The summed E-state index contributed by atoms with van der Waals surface area (Å²) in [6.45, 7) is 4.80. The van der Waals surface area contributed by atoms with Gasteiger partial charge in [0.25, 0.3) is 0 Å². The van der Waals surface area contributed by atoms with Gasteiger partial charge < -0.3 is 10.2 Å². The van der Waals surface area contributed by atoms with Crippen molar-refractivity contribution in [1.29, 1.82) is 0 Å². The van der Waals surface area contributed by atoms with Gasteiger partial charge in [-0.25, -0.2) is 0 Å². The zero-order valence-corrected chi connectivity index (χ0v) is 13.6. The number of rotatable bonds is 6. The molecule has 1 aliphatic carbocycles. The van der Waals surface area contributed by atoms with Crippen LogP contribution < -0.4 is 5.32 Å². The van der Waals surface area contributed by atoms with Crippen LogP contribution in [0.1, 0.15) is 71.6 Å². The average Bonchev–Trinajstić information content (AvgIpc) is 2.50. The maximum Gasteiger partial charge on any atom is 0.245 e. The maximum atomic E-state index is 12.6. The van der Waals surface area contributed by atoms with Gasteiger partial charge in [0.1, 0.15) is 12.1 Å². The summed E-state index contributed by atoms with van der Waals surface area (Å²) in [4.78, 5) is 26.7. The van der Waals surface area contributed by atoms with E-state index in [2.05, 4.69) is 12.2 Å². The lowest BCUT2D eigenvalue weighted by molar-refractivity contribution is -0.149. The Kier molecular flexibility index (Phi) is 6.07. The second kappa shape index (κ2) is 7.81. The first-order chi connectivity index (χ1) is 10.2. The van der Waals surface area contributed by atoms with E-state index in [1.807, 2.05) is 11.8 Å². The minimum atomic E-state index is -0.295. The predicted octanol–water partition coefficient (Wildman–Crippen LogP) is 2.86. The van der Waals surface area contributed by atoms with E-state index in [4.69, 9.17) is 0 Å². The van der Waals surface area contributed by atoms with E-state index in [0.717, 1.165) is 31.7 Å². The van der Waals surface area contributed by atoms with Crippen LogP contribution in [-0.2, 0) is 9.59 Å². The molecule has 1 N–H and O–H groups in total. The summed E-state index contributed by atoms with van der Waals surface area (Å²) in [5.41, 5.74) is 0. The molecule has 0 aromatic rings. The Bertz CT molecular complexity index is 364. The fourth-order valence-electron chi connectivity index (χ4n) is 3.78. The maximum absolute atomic E-state index is 12.6. The molecule has 2 amide bonds. The number of nitrogens with zero attached hydrogens (tertiary/aromatic N) is 1. The van der Waals surface area contributed by atoms with Crippen LogP contribution in [0.5, 0.6) is 0 Å². The van der Waals surface area contributed by atoms with Crippen molar-refractivity contribution < 1.29 is 9.59 Å². The van der Waals surface area contributed by atoms with Crippen molar-refractivity contribution in [2.24, 2.45) is 5.92 Å². The van der Waals surface area contributed by atoms with Crippen LogP contribution in [-0.4, -0.2) is 35.3 Å². The molecule has 2 rings (SSSR count). The van der Waals surface area contributed by atoms with Gasteiger partial charge in [-0.2, -0.15) is 0 Å². The third-order valence-electron chi connectivity index (χ3n) is 5.04. The highest BCUT2D eigenvalue weighted by Gasteiger charge is 2.38. The summed E-state index contributed by atoms with van der Waals surface area (Å²) < 4.78 is 0. The Morgan fingerprint density at radius 2 is 1.81 bits per heavy atom. The third kappa shape index (κ3) is 3.98. The van der Waals surface area contributed by atoms with Gasteiger partial charge in [0, 0.05) is 6.54 Å². The lowest BCUT2D eigenvalue weighted by atomic mass is 9.86. The zero-order valence-electron chi connectivity index (χ0n) is 13.6. The fourth-order valence-corrected chi connectivity index (χ4v) is 3.78. The van der Waals surface area contributed by atoms with Crippen molar-refractivity contribution in [1.82, 2.24) is 10.2 Å². The molecule has 21 heavy (non-hydrogen) atoms. The van der Waals surface area contributed by atoms with E-state index >= 15 is 0 Å². The van der Waals surface area contributed by atoms with Gasteiger partial charge in [0.15, 0.2) is 0 Å². The van der Waals surface area contributed by atoms with Crippen molar-refractivity contribution in [3.63, 3.8) is 0 Å². The SMILES string of the molecule is CCCC1NC(=O)C(CC)N(CCC2CCCCC2)C1=O. The molecule has 2 unspecified atom stereocenters. The molecule has 0 aromatic carbocycles. The van der Waals surface area contributed by atoms with Gasteiger partial charge >= 0.3 is 0 Å². The first kappa shape index (κ1) is 16.3. The number of hydrogen-bond acceptors (Lipinski definition) is 2. The molecule has 0 radical (unpaired) electrons. The van der Waals surface area contributed by atoms with E-state index in [9.17, 15) is 9.59 Å². The monoisotopic (exact) mass is 294 g/mol. The quantitative estimate of drug-likeness (QED) is 0.819. The van der Waals surface area contributed by atoms with E-state index in [1.54, 1.807) is 0 Å². The van der Waals surface area contributed by atoms with E-state index in [1.165, 1.54) is 32.1 Å². The summed E-state index contributed by atoms with van der Waals surface area (Å²) in [6, 6.07) is -0.550. The molecule has 4 heteroatoms. The van der Waals surface area contributed by atoms with Gasteiger partial charge in [0.2, 0.25) is 11.8 Å². The van der Waals surface area contributed by atoms with Crippen LogP contribution in [0.4, 0.5) is 0 Å². The molecule has 2 atom stereocenters. The molecule has 0 bridgehead atoms. The second-order valence-electron chi connectivity index (χ2n) is 6.60. The number of hydrogen-bond donors (Lipinski definition) is 1. The van der Waals surface area contributed by atoms with Crippen molar-refractivity contribution in [3.8, 4) is 0 Å². The lowest BCUT2D eigenvalue weighted by Crippen LogP contribution is -2.63. The Morgan fingerprint density at radius 3 is 2.43 bits per heavy atom. The number of nitrogens with one attached hydrogen (secondary N) is 1. The number of amides is 2. The molecule has 0 spiro atoms. The van der Waals surface area contributed by atoms with Gasteiger partial charge in [-0.3, -0.25) is 9.59 Å². The summed E-state index contributed by atoms with van der Waals surface area (Å²) >= 11 is 0. The van der Waals surface area contributed by atoms with Crippen molar-refractivity contribution in [3.05, 3.63) is 0 Å². The van der Waals surface area contributed by atoms with Gasteiger partial charge in [-0.1, -0.05) is 52.4 Å². The molecule has 1 saturated carbocycles. The molecule has 1 heterocycles. The Hall–Kier alpha value is -1.06. The van der Waals surface area contributed by atoms with Crippen LogP contribution in [0.3, 0.4) is 0 Å². The van der Waals surface area contributed by atoms with Crippen LogP contribution >= 0.6 is 0 Å². The Morgan fingerprint density at radius 1 is 1.10 bits per heavy atom. The van der Waals surface area contributed by atoms with E-state index < -0.39 is 0 Å². The van der Waals surface area contributed by atoms with Gasteiger partial charge in [-0.05, 0) is 25.2 Å². The number of piperazine rings is 1. The van der Waals surface area contributed by atoms with Crippen LogP contribution in [0.15, 0.2) is 0 Å². The topological polar surface area (TPSA) is 49.4 Å². The standard InChI is InChI=1S/C17H30N2O2/c1-3-8-14-17(21)19(15(4-2)16(20)18-14)12-11-13-9-6-5-7-10-13/h13-15H,3-12H2,1-2H3,(H,18,20). The number of carbonyl (C=O) groups excluding carboxylic acids is 2. The molecule has 2 fully saturated rings. The van der Waals surface area contributed by atoms with E-state index in [-0.39, 0.29) is 23.9 Å². The minimum Gasteiger partial charge on any atom is -0.343 e. The van der Waals surface area contributed by atoms with Crippen molar-refractivity contribution in [2.45, 2.75) is 83.7 Å². The molecule has 2 aliphatic rings. The first-order valence-electron chi connectivity index (χ1n) is 8.78. The lowest BCUT2D eigenvalue weighted by Gasteiger charge is -2.39. The highest BCUT2D eigenvalue weighted by molar-refractivity contribution is 5.96. The average molecular weight is 294 g/mol.